The van der Waals surface area contributed by atoms with Gasteiger partial charge in [-0.05, 0) is 18.2 Å². The summed E-state index contributed by atoms with van der Waals surface area (Å²) in [5, 5.41) is 0.555. The average Bonchev–Trinajstić information content (AvgIpc) is 2.47. The second kappa shape index (κ2) is 6.78. The first-order valence-corrected chi connectivity index (χ1v) is 6.59. The number of methoxy groups -OCH3 is 1. The van der Waals surface area contributed by atoms with Crippen molar-refractivity contribution in [2.45, 2.75) is 13.8 Å². The molecule has 7 nitrogen and oxygen atoms in total. The van der Waals surface area contributed by atoms with Crippen LogP contribution in [0.5, 0.6) is 11.5 Å². The van der Waals surface area contributed by atoms with E-state index < -0.39 is 17.6 Å². The van der Waals surface area contributed by atoms with E-state index in [0.29, 0.717) is 10.9 Å². The fraction of sp³-hybridized carbons (Fsp3) is 0.188. The van der Waals surface area contributed by atoms with E-state index in [-0.39, 0.29) is 17.1 Å². The summed E-state index contributed by atoms with van der Waals surface area (Å²) in [6.07, 6.45) is 2.60. The summed E-state index contributed by atoms with van der Waals surface area (Å²) in [7, 11) is 1.36. The minimum absolute atomic E-state index is 0.0604. The lowest BCUT2D eigenvalue weighted by Crippen LogP contribution is -2.06. The molecule has 0 saturated heterocycles. The molecule has 23 heavy (non-hydrogen) atoms. The quantitative estimate of drug-likeness (QED) is 0.369. The molecule has 0 bridgehead atoms. The van der Waals surface area contributed by atoms with E-state index >= 15 is 0 Å². The van der Waals surface area contributed by atoms with E-state index in [9.17, 15) is 14.4 Å². The third kappa shape index (κ3) is 3.76. The van der Waals surface area contributed by atoms with Crippen LogP contribution in [0, 0.1) is 0 Å². The number of benzene rings is 1. The van der Waals surface area contributed by atoms with Crippen molar-refractivity contribution in [1.29, 1.82) is 0 Å². The van der Waals surface area contributed by atoms with Gasteiger partial charge in [-0.3, -0.25) is 9.59 Å². The highest BCUT2D eigenvalue weighted by Crippen LogP contribution is 2.39. The molecule has 120 valence electrons. The van der Waals surface area contributed by atoms with Crippen LogP contribution in [0.15, 0.2) is 33.7 Å². The monoisotopic (exact) mass is 318 g/mol. The topological polar surface area (TPSA) is 92.0 Å². The number of rotatable bonds is 4. The SMILES string of the molecule is COc1c(OC(C)=O)c(/C=C/OC(C)=O)cc2ccc(=O)oc12. The van der Waals surface area contributed by atoms with Gasteiger partial charge in [-0.25, -0.2) is 4.79 Å². The maximum absolute atomic E-state index is 11.4. The largest absolute Gasteiger partial charge is 0.490 e. The molecule has 0 spiro atoms. The van der Waals surface area contributed by atoms with Gasteiger partial charge in [0.05, 0.1) is 13.4 Å². The summed E-state index contributed by atoms with van der Waals surface area (Å²) >= 11 is 0. The van der Waals surface area contributed by atoms with Crippen LogP contribution in [0.2, 0.25) is 0 Å². The van der Waals surface area contributed by atoms with Gasteiger partial charge in [-0.15, -0.1) is 0 Å². The summed E-state index contributed by atoms with van der Waals surface area (Å²) in [5.41, 5.74) is 0.00770. The fourth-order valence-corrected chi connectivity index (χ4v) is 1.95. The molecule has 7 heteroatoms. The first kappa shape index (κ1) is 16.3. The number of hydrogen-bond acceptors (Lipinski definition) is 7. The predicted molar refractivity (Wildman–Crippen MR) is 81.1 cm³/mol. The lowest BCUT2D eigenvalue weighted by molar-refractivity contribution is -0.135. The van der Waals surface area contributed by atoms with Gasteiger partial charge in [-0.2, -0.15) is 0 Å². The van der Waals surface area contributed by atoms with Gasteiger partial charge in [-0.1, -0.05) is 0 Å². The van der Waals surface area contributed by atoms with Crippen molar-refractivity contribution in [2.75, 3.05) is 7.11 Å². The minimum Gasteiger partial charge on any atom is -0.490 e. The molecule has 0 radical (unpaired) electrons. The van der Waals surface area contributed by atoms with Crippen LogP contribution >= 0.6 is 0 Å². The number of hydrogen-bond donors (Lipinski definition) is 0. The van der Waals surface area contributed by atoms with E-state index in [2.05, 4.69) is 0 Å². The van der Waals surface area contributed by atoms with Crippen LogP contribution in [0.25, 0.3) is 17.0 Å². The van der Waals surface area contributed by atoms with E-state index in [1.807, 2.05) is 0 Å². The number of ether oxygens (including phenoxy) is 3. The summed E-state index contributed by atoms with van der Waals surface area (Å²) in [5.74, 6) is -0.916. The van der Waals surface area contributed by atoms with E-state index in [4.69, 9.17) is 18.6 Å². The van der Waals surface area contributed by atoms with Crippen LogP contribution in [0.4, 0.5) is 0 Å². The lowest BCUT2D eigenvalue weighted by Gasteiger charge is -2.13. The Hall–Kier alpha value is -3.09. The second-order valence-electron chi connectivity index (χ2n) is 4.51. The van der Waals surface area contributed by atoms with Gasteiger partial charge in [0, 0.05) is 30.9 Å². The zero-order valence-electron chi connectivity index (χ0n) is 12.7. The van der Waals surface area contributed by atoms with Gasteiger partial charge in [0.25, 0.3) is 0 Å². The maximum Gasteiger partial charge on any atom is 0.336 e. The molecule has 0 aliphatic heterocycles. The molecular formula is C16H14O7. The number of carbonyl (C=O) groups excluding carboxylic acids is 2. The maximum atomic E-state index is 11.4. The normalized spacial score (nSPS) is 10.7. The molecule has 0 aliphatic carbocycles. The zero-order chi connectivity index (χ0) is 17.0. The molecule has 2 aromatic rings. The van der Waals surface area contributed by atoms with E-state index in [1.165, 1.54) is 33.1 Å². The molecule has 1 heterocycles. The van der Waals surface area contributed by atoms with Gasteiger partial charge in [0.2, 0.25) is 5.75 Å². The summed E-state index contributed by atoms with van der Waals surface area (Å²) in [4.78, 5) is 33.6. The lowest BCUT2D eigenvalue weighted by atomic mass is 10.1. The summed E-state index contributed by atoms with van der Waals surface area (Å²) in [6, 6.07) is 4.41. The Morgan fingerprint density at radius 2 is 1.87 bits per heavy atom. The highest BCUT2D eigenvalue weighted by Gasteiger charge is 2.18. The van der Waals surface area contributed by atoms with Crippen molar-refractivity contribution in [3.05, 3.63) is 40.4 Å². The van der Waals surface area contributed by atoms with Crippen molar-refractivity contribution in [3.63, 3.8) is 0 Å². The Kier molecular flexibility index (Phi) is 4.80. The molecule has 0 fully saturated rings. The van der Waals surface area contributed by atoms with Crippen LogP contribution in [0.1, 0.15) is 19.4 Å². The second-order valence-corrected chi connectivity index (χ2v) is 4.51. The molecule has 0 aliphatic rings. The van der Waals surface area contributed by atoms with Crippen molar-refractivity contribution in [1.82, 2.24) is 0 Å². The molecule has 2 rings (SSSR count). The molecule has 0 N–H and O–H groups in total. The van der Waals surface area contributed by atoms with Crippen molar-refractivity contribution < 1.29 is 28.2 Å². The Balaban J connectivity index is 2.70. The Labute approximate surface area is 131 Å². The first-order valence-electron chi connectivity index (χ1n) is 6.59. The number of esters is 2. The third-order valence-electron chi connectivity index (χ3n) is 2.78. The van der Waals surface area contributed by atoms with Gasteiger partial charge in [0.1, 0.15) is 0 Å². The van der Waals surface area contributed by atoms with Crippen LogP contribution in [-0.4, -0.2) is 19.0 Å². The molecule has 1 aromatic heterocycles. The van der Waals surface area contributed by atoms with Gasteiger partial charge < -0.3 is 18.6 Å². The summed E-state index contributed by atoms with van der Waals surface area (Å²) in [6.45, 7) is 2.48. The fourth-order valence-electron chi connectivity index (χ4n) is 1.95. The van der Waals surface area contributed by atoms with Crippen LogP contribution in [0.3, 0.4) is 0 Å². The molecule has 0 unspecified atom stereocenters. The smallest absolute Gasteiger partial charge is 0.336 e. The van der Waals surface area contributed by atoms with E-state index in [0.717, 1.165) is 6.26 Å². The molecule has 0 atom stereocenters. The molecule has 0 saturated carbocycles. The van der Waals surface area contributed by atoms with Gasteiger partial charge >= 0.3 is 17.6 Å². The van der Waals surface area contributed by atoms with Crippen LogP contribution in [-0.2, 0) is 14.3 Å². The third-order valence-corrected chi connectivity index (χ3v) is 2.78. The zero-order valence-corrected chi connectivity index (χ0v) is 12.7. The molecule has 1 aromatic carbocycles. The molecule has 0 amide bonds. The van der Waals surface area contributed by atoms with E-state index in [1.54, 1.807) is 12.1 Å². The van der Waals surface area contributed by atoms with Gasteiger partial charge in [0.15, 0.2) is 11.3 Å². The predicted octanol–water partition coefficient (Wildman–Crippen LogP) is 2.26. The molecular weight excluding hydrogens is 304 g/mol. The Morgan fingerprint density at radius 3 is 2.48 bits per heavy atom. The standard InChI is InChI=1S/C16H14O7/c1-9(17)21-7-6-12-8-11-4-5-13(19)23-15(11)16(20-3)14(12)22-10(2)18/h4-8H,1-3H3/b7-6+. The van der Waals surface area contributed by atoms with Crippen molar-refractivity contribution in [2.24, 2.45) is 0 Å². The minimum atomic E-state index is -0.580. The highest BCUT2D eigenvalue weighted by atomic mass is 16.6. The van der Waals surface area contributed by atoms with Crippen LogP contribution < -0.4 is 15.1 Å². The Bertz CT molecular complexity index is 845. The summed E-state index contributed by atoms with van der Waals surface area (Å²) < 4.78 is 20.2. The average molecular weight is 318 g/mol. The number of carbonyl (C=O) groups is 2. The first-order chi connectivity index (χ1) is 10.9. The Morgan fingerprint density at radius 1 is 1.13 bits per heavy atom. The highest BCUT2D eigenvalue weighted by molar-refractivity contribution is 5.90. The van der Waals surface area contributed by atoms with Crippen molar-refractivity contribution >= 4 is 29.0 Å². The number of fused-ring (bicyclic) bond motifs is 1. The van der Waals surface area contributed by atoms with Crippen molar-refractivity contribution in [3.8, 4) is 11.5 Å².